The van der Waals surface area contributed by atoms with E-state index in [4.69, 9.17) is 0 Å². The van der Waals surface area contributed by atoms with E-state index in [1.807, 2.05) is 0 Å². The van der Waals surface area contributed by atoms with Crippen LogP contribution in [0.4, 0.5) is 0 Å². The van der Waals surface area contributed by atoms with Gasteiger partial charge in [-0.3, -0.25) is 0 Å². The van der Waals surface area contributed by atoms with E-state index in [2.05, 4.69) is 37.6 Å². The third-order valence-corrected chi connectivity index (χ3v) is 4.03. The summed E-state index contributed by atoms with van der Waals surface area (Å²) in [7, 11) is 2.29. The summed E-state index contributed by atoms with van der Waals surface area (Å²) in [6, 6.07) is 0. The maximum Gasteiger partial charge on any atom is 0.000767 e. The first kappa shape index (κ1) is 16.0. The van der Waals surface area contributed by atoms with Gasteiger partial charge < -0.3 is 9.80 Å². The molecule has 0 unspecified atom stereocenters. The van der Waals surface area contributed by atoms with Crippen molar-refractivity contribution in [2.75, 3.05) is 39.8 Å². The predicted octanol–water partition coefficient (Wildman–Crippen LogP) is 3.48. The fraction of sp³-hybridized carbons (Fsp3) is 1.00. The lowest BCUT2D eigenvalue weighted by Crippen LogP contribution is -2.38. The van der Waals surface area contributed by atoms with E-state index < -0.39 is 0 Å². The Kier molecular flexibility index (Phi) is 7.92. The molecular weight excluding hydrogens is 220 g/mol. The SMILES string of the molecule is CCCCCN1CCC(CN(C)CC(C)C)CC1. The quantitative estimate of drug-likeness (QED) is 0.612. The van der Waals surface area contributed by atoms with Gasteiger partial charge in [-0.2, -0.15) is 0 Å². The Labute approximate surface area is 115 Å². The van der Waals surface area contributed by atoms with Crippen molar-refractivity contribution < 1.29 is 0 Å². The second-order valence-electron chi connectivity index (χ2n) is 6.61. The summed E-state index contributed by atoms with van der Waals surface area (Å²) in [6.07, 6.45) is 6.96. The zero-order valence-corrected chi connectivity index (χ0v) is 13.1. The summed E-state index contributed by atoms with van der Waals surface area (Å²) in [5.74, 6) is 1.74. The van der Waals surface area contributed by atoms with Crippen LogP contribution in [0.25, 0.3) is 0 Å². The Morgan fingerprint density at radius 3 is 2.39 bits per heavy atom. The molecule has 1 rings (SSSR count). The van der Waals surface area contributed by atoms with Gasteiger partial charge in [0.2, 0.25) is 0 Å². The number of likely N-dealkylation sites (tertiary alicyclic amines) is 1. The molecule has 0 N–H and O–H groups in total. The molecule has 108 valence electrons. The smallest absolute Gasteiger partial charge is 0.000767 e. The molecule has 2 heteroatoms. The molecule has 0 amide bonds. The molecular formula is C16H34N2. The molecule has 2 nitrogen and oxygen atoms in total. The summed E-state index contributed by atoms with van der Waals surface area (Å²) in [5, 5.41) is 0. The van der Waals surface area contributed by atoms with E-state index in [9.17, 15) is 0 Å². The largest absolute Gasteiger partial charge is 0.306 e. The summed E-state index contributed by atoms with van der Waals surface area (Å²) in [6.45, 7) is 13.5. The summed E-state index contributed by atoms with van der Waals surface area (Å²) in [4.78, 5) is 5.21. The van der Waals surface area contributed by atoms with Crippen LogP contribution in [0.2, 0.25) is 0 Å². The molecule has 0 aliphatic carbocycles. The van der Waals surface area contributed by atoms with Crippen molar-refractivity contribution in [1.29, 1.82) is 0 Å². The predicted molar refractivity (Wildman–Crippen MR) is 81.0 cm³/mol. The van der Waals surface area contributed by atoms with Gasteiger partial charge in [0.15, 0.2) is 0 Å². The topological polar surface area (TPSA) is 6.48 Å². The van der Waals surface area contributed by atoms with E-state index in [1.165, 1.54) is 64.8 Å². The Balaban J connectivity index is 2.11. The van der Waals surface area contributed by atoms with Crippen LogP contribution >= 0.6 is 0 Å². The highest BCUT2D eigenvalue weighted by Gasteiger charge is 2.20. The number of hydrogen-bond donors (Lipinski definition) is 0. The van der Waals surface area contributed by atoms with Crippen LogP contribution in [0, 0.1) is 11.8 Å². The molecule has 1 aliphatic rings. The number of hydrogen-bond acceptors (Lipinski definition) is 2. The van der Waals surface area contributed by atoms with E-state index in [0.29, 0.717) is 0 Å². The van der Waals surface area contributed by atoms with E-state index in [-0.39, 0.29) is 0 Å². The van der Waals surface area contributed by atoms with Crippen LogP contribution in [0.5, 0.6) is 0 Å². The molecule has 0 aromatic heterocycles. The first-order valence-electron chi connectivity index (χ1n) is 8.02. The van der Waals surface area contributed by atoms with Gasteiger partial charge >= 0.3 is 0 Å². The summed E-state index contributed by atoms with van der Waals surface area (Å²) >= 11 is 0. The first-order valence-corrected chi connectivity index (χ1v) is 8.02. The van der Waals surface area contributed by atoms with Gasteiger partial charge in [0, 0.05) is 13.1 Å². The zero-order chi connectivity index (χ0) is 13.4. The first-order chi connectivity index (χ1) is 8.61. The normalized spacial score (nSPS) is 19.0. The summed E-state index contributed by atoms with van der Waals surface area (Å²) < 4.78 is 0. The Hall–Kier alpha value is -0.0800. The minimum atomic E-state index is 0.795. The molecule has 0 bridgehead atoms. The van der Waals surface area contributed by atoms with Crippen molar-refractivity contribution in [1.82, 2.24) is 9.80 Å². The molecule has 0 atom stereocenters. The van der Waals surface area contributed by atoms with Gasteiger partial charge in [0.05, 0.1) is 0 Å². The lowest BCUT2D eigenvalue weighted by Gasteiger charge is -2.34. The monoisotopic (exact) mass is 254 g/mol. The van der Waals surface area contributed by atoms with E-state index >= 15 is 0 Å². The highest BCUT2D eigenvalue weighted by molar-refractivity contribution is 4.74. The molecule has 1 fully saturated rings. The highest BCUT2D eigenvalue weighted by Crippen LogP contribution is 2.18. The van der Waals surface area contributed by atoms with Crippen molar-refractivity contribution in [3.05, 3.63) is 0 Å². The van der Waals surface area contributed by atoms with Crippen molar-refractivity contribution in [3.63, 3.8) is 0 Å². The van der Waals surface area contributed by atoms with Gasteiger partial charge in [-0.05, 0) is 57.8 Å². The standard InChI is InChI=1S/C16H34N2/c1-5-6-7-10-18-11-8-16(9-12-18)14-17(4)13-15(2)3/h15-16H,5-14H2,1-4H3. The van der Waals surface area contributed by atoms with Crippen molar-refractivity contribution in [2.24, 2.45) is 11.8 Å². The fourth-order valence-corrected chi connectivity index (χ4v) is 3.12. The van der Waals surface area contributed by atoms with Gasteiger partial charge in [-0.25, -0.2) is 0 Å². The molecule has 1 saturated heterocycles. The minimum Gasteiger partial charge on any atom is -0.306 e. The third-order valence-electron chi connectivity index (χ3n) is 4.03. The van der Waals surface area contributed by atoms with Gasteiger partial charge in [0.25, 0.3) is 0 Å². The average Bonchev–Trinajstić information content (AvgIpc) is 2.30. The lowest BCUT2D eigenvalue weighted by molar-refractivity contribution is 0.148. The fourth-order valence-electron chi connectivity index (χ4n) is 3.12. The van der Waals surface area contributed by atoms with Crippen molar-refractivity contribution in [2.45, 2.75) is 52.9 Å². The third kappa shape index (κ3) is 6.75. The van der Waals surface area contributed by atoms with Gasteiger partial charge in [-0.1, -0.05) is 33.6 Å². The molecule has 0 spiro atoms. The number of piperidine rings is 1. The molecule has 18 heavy (non-hydrogen) atoms. The van der Waals surface area contributed by atoms with Crippen LogP contribution in [0.3, 0.4) is 0 Å². The molecule has 0 radical (unpaired) electrons. The van der Waals surface area contributed by atoms with Crippen molar-refractivity contribution >= 4 is 0 Å². The maximum atomic E-state index is 2.68. The van der Waals surface area contributed by atoms with Crippen LogP contribution in [-0.4, -0.2) is 49.6 Å². The second-order valence-corrected chi connectivity index (χ2v) is 6.61. The van der Waals surface area contributed by atoms with Gasteiger partial charge in [0.1, 0.15) is 0 Å². The van der Waals surface area contributed by atoms with Crippen LogP contribution < -0.4 is 0 Å². The molecule has 0 aromatic carbocycles. The molecule has 0 aromatic rings. The highest BCUT2D eigenvalue weighted by atomic mass is 15.1. The number of nitrogens with zero attached hydrogens (tertiary/aromatic N) is 2. The van der Waals surface area contributed by atoms with Crippen LogP contribution in [0.1, 0.15) is 52.9 Å². The number of unbranched alkanes of at least 4 members (excludes halogenated alkanes) is 2. The Morgan fingerprint density at radius 1 is 1.17 bits per heavy atom. The Morgan fingerprint density at radius 2 is 1.83 bits per heavy atom. The second kappa shape index (κ2) is 8.92. The molecule has 1 heterocycles. The lowest BCUT2D eigenvalue weighted by atomic mass is 9.96. The summed E-state index contributed by atoms with van der Waals surface area (Å²) in [5.41, 5.74) is 0. The van der Waals surface area contributed by atoms with Gasteiger partial charge in [-0.15, -0.1) is 0 Å². The maximum absolute atomic E-state index is 2.68. The number of rotatable bonds is 8. The molecule has 1 aliphatic heterocycles. The minimum absolute atomic E-state index is 0.795. The molecule has 0 saturated carbocycles. The average molecular weight is 254 g/mol. The van der Waals surface area contributed by atoms with Crippen LogP contribution in [0.15, 0.2) is 0 Å². The van der Waals surface area contributed by atoms with Crippen molar-refractivity contribution in [3.8, 4) is 0 Å². The van der Waals surface area contributed by atoms with Crippen LogP contribution in [-0.2, 0) is 0 Å². The van der Waals surface area contributed by atoms with E-state index in [1.54, 1.807) is 0 Å². The van der Waals surface area contributed by atoms with E-state index in [0.717, 1.165) is 11.8 Å². The Bertz CT molecular complexity index is 195. The zero-order valence-electron chi connectivity index (χ0n) is 13.1.